The van der Waals surface area contributed by atoms with Gasteiger partial charge in [-0.15, -0.1) is 0 Å². The first-order valence-electron chi connectivity index (χ1n) is 12.2. The second-order valence-electron chi connectivity index (χ2n) is 8.94. The molecule has 1 aliphatic rings. The number of amides is 1. The highest BCUT2D eigenvalue weighted by Crippen LogP contribution is 2.26. The highest BCUT2D eigenvalue weighted by molar-refractivity contribution is 7.89. The molecule has 1 amide bonds. The maximum atomic E-state index is 13.3. The number of carbonyl (C=O) groups excluding carboxylic acids is 1. The average molecular weight is 508 g/mol. The average Bonchev–Trinajstić information content (AvgIpc) is 2.90. The van der Waals surface area contributed by atoms with Crippen LogP contribution >= 0.6 is 0 Å². The Morgan fingerprint density at radius 1 is 0.944 bits per heavy atom. The first-order valence-corrected chi connectivity index (χ1v) is 13.6. The number of hydrogen-bond acceptors (Lipinski definition) is 5. The van der Waals surface area contributed by atoms with Crippen molar-refractivity contribution in [3.8, 4) is 5.75 Å². The first kappa shape index (κ1) is 25.7. The van der Waals surface area contributed by atoms with Crippen molar-refractivity contribution in [1.29, 1.82) is 0 Å². The quantitative estimate of drug-likeness (QED) is 0.458. The Hall–Kier alpha value is -3.36. The van der Waals surface area contributed by atoms with Gasteiger partial charge in [0.25, 0.3) is 5.91 Å². The van der Waals surface area contributed by atoms with Gasteiger partial charge in [-0.1, -0.05) is 35.9 Å². The molecule has 0 aliphatic carbocycles. The van der Waals surface area contributed by atoms with Crippen molar-refractivity contribution in [2.75, 3.05) is 44.7 Å². The number of carbonyl (C=O) groups is 1. The number of benzene rings is 3. The molecule has 0 spiro atoms. The summed E-state index contributed by atoms with van der Waals surface area (Å²) >= 11 is 0. The molecule has 1 heterocycles. The van der Waals surface area contributed by atoms with Crippen molar-refractivity contribution < 1.29 is 17.9 Å². The van der Waals surface area contributed by atoms with Gasteiger partial charge < -0.3 is 14.5 Å². The van der Waals surface area contributed by atoms with Gasteiger partial charge in [0.15, 0.2) is 0 Å². The minimum atomic E-state index is -3.69. The van der Waals surface area contributed by atoms with E-state index in [-0.39, 0.29) is 17.3 Å². The van der Waals surface area contributed by atoms with Gasteiger partial charge in [0.1, 0.15) is 5.75 Å². The lowest BCUT2D eigenvalue weighted by Gasteiger charge is -2.36. The summed E-state index contributed by atoms with van der Waals surface area (Å²) in [5, 5.41) is 0. The molecule has 0 aromatic heterocycles. The lowest BCUT2D eigenvalue weighted by molar-refractivity contribution is 0.0746. The molecule has 1 aliphatic heterocycles. The van der Waals surface area contributed by atoms with E-state index >= 15 is 0 Å². The van der Waals surface area contributed by atoms with Crippen LogP contribution in [-0.2, 0) is 16.6 Å². The summed E-state index contributed by atoms with van der Waals surface area (Å²) in [6.45, 7) is 7.09. The van der Waals surface area contributed by atoms with Gasteiger partial charge in [-0.25, -0.2) is 8.42 Å². The molecule has 0 atom stereocenters. The highest BCUT2D eigenvalue weighted by Gasteiger charge is 2.25. The standard InChI is InChI=1S/C28H33N3O4S/c1-4-35-27-15-12-23(28(32)31-18-16-30(17-19-31)25-8-6-5-7-9-25)20-24(27)21-29(3)36(33,34)26-13-10-22(2)11-14-26/h5-15,20H,4,16-19,21H2,1-3H3. The van der Waals surface area contributed by atoms with Gasteiger partial charge >= 0.3 is 0 Å². The second-order valence-corrected chi connectivity index (χ2v) is 11.0. The number of piperazine rings is 1. The van der Waals surface area contributed by atoms with Gasteiger partial charge in [0, 0.05) is 56.6 Å². The van der Waals surface area contributed by atoms with E-state index in [4.69, 9.17) is 4.74 Å². The SMILES string of the molecule is CCOc1ccc(C(=O)N2CCN(c3ccccc3)CC2)cc1CN(C)S(=O)(=O)c1ccc(C)cc1. The molecule has 0 radical (unpaired) electrons. The minimum Gasteiger partial charge on any atom is -0.494 e. The third kappa shape index (κ3) is 5.71. The minimum absolute atomic E-state index is 0.0592. The van der Waals surface area contributed by atoms with Crippen LogP contribution in [-0.4, -0.2) is 63.4 Å². The molecular weight excluding hydrogens is 474 g/mol. The Labute approximate surface area is 214 Å². The molecule has 0 saturated carbocycles. The molecule has 8 heteroatoms. The molecule has 1 saturated heterocycles. The molecule has 0 bridgehead atoms. The maximum Gasteiger partial charge on any atom is 0.253 e. The Morgan fingerprint density at radius 2 is 1.61 bits per heavy atom. The number of ether oxygens (including phenoxy) is 1. The Bertz CT molecular complexity index is 1290. The van der Waals surface area contributed by atoms with Gasteiger partial charge in [0.2, 0.25) is 10.0 Å². The van der Waals surface area contributed by atoms with E-state index < -0.39 is 10.0 Å². The summed E-state index contributed by atoms with van der Waals surface area (Å²) in [6.07, 6.45) is 0. The number of anilines is 1. The number of aryl methyl sites for hydroxylation is 1. The molecule has 0 N–H and O–H groups in total. The first-order chi connectivity index (χ1) is 17.3. The zero-order chi connectivity index (χ0) is 25.7. The van der Waals surface area contributed by atoms with Crippen LogP contribution in [0.4, 0.5) is 5.69 Å². The number of para-hydroxylation sites is 1. The van der Waals surface area contributed by atoms with Crippen LogP contribution in [0.1, 0.15) is 28.4 Å². The zero-order valence-electron chi connectivity index (χ0n) is 21.1. The van der Waals surface area contributed by atoms with Crippen molar-refractivity contribution >= 4 is 21.6 Å². The third-order valence-corrected chi connectivity index (χ3v) is 8.24. The molecule has 3 aromatic carbocycles. The summed E-state index contributed by atoms with van der Waals surface area (Å²) in [6, 6.07) is 22.3. The molecule has 3 aromatic rings. The van der Waals surface area contributed by atoms with E-state index in [1.54, 1.807) is 49.5 Å². The monoisotopic (exact) mass is 507 g/mol. The Kier molecular flexibility index (Phi) is 7.96. The van der Waals surface area contributed by atoms with E-state index in [0.717, 1.165) is 24.3 Å². The molecule has 190 valence electrons. The smallest absolute Gasteiger partial charge is 0.253 e. The molecule has 1 fully saturated rings. The van der Waals surface area contributed by atoms with Crippen LogP contribution in [0.5, 0.6) is 5.75 Å². The number of rotatable bonds is 8. The van der Waals surface area contributed by atoms with Crippen LogP contribution in [0.15, 0.2) is 77.7 Å². The van der Waals surface area contributed by atoms with Crippen molar-refractivity contribution in [3.63, 3.8) is 0 Å². The summed E-state index contributed by atoms with van der Waals surface area (Å²) in [5.74, 6) is 0.518. The van der Waals surface area contributed by atoms with Gasteiger partial charge in [0.05, 0.1) is 11.5 Å². The third-order valence-electron chi connectivity index (χ3n) is 6.42. The lowest BCUT2D eigenvalue weighted by Crippen LogP contribution is -2.48. The van der Waals surface area contributed by atoms with Gasteiger partial charge in [-0.05, 0) is 56.3 Å². The maximum absolute atomic E-state index is 13.3. The van der Waals surface area contributed by atoms with Crippen LogP contribution in [0.3, 0.4) is 0 Å². The molecule has 4 rings (SSSR count). The summed E-state index contributed by atoms with van der Waals surface area (Å²) in [7, 11) is -2.15. The fourth-order valence-corrected chi connectivity index (χ4v) is 5.49. The van der Waals surface area contributed by atoms with E-state index in [9.17, 15) is 13.2 Å². The van der Waals surface area contributed by atoms with Crippen molar-refractivity contribution in [2.24, 2.45) is 0 Å². The normalized spacial score (nSPS) is 14.2. The second kappa shape index (κ2) is 11.1. The van der Waals surface area contributed by atoms with Crippen molar-refractivity contribution in [3.05, 3.63) is 89.5 Å². The predicted molar refractivity (Wildman–Crippen MR) is 142 cm³/mol. The van der Waals surface area contributed by atoms with Crippen LogP contribution in [0, 0.1) is 6.92 Å². The Morgan fingerprint density at radius 3 is 2.25 bits per heavy atom. The molecule has 36 heavy (non-hydrogen) atoms. The van der Waals surface area contributed by atoms with Crippen LogP contribution in [0.2, 0.25) is 0 Å². The van der Waals surface area contributed by atoms with Gasteiger partial charge in [-0.2, -0.15) is 4.31 Å². The van der Waals surface area contributed by atoms with E-state index in [0.29, 0.717) is 36.6 Å². The van der Waals surface area contributed by atoms with Crippen molar-refractivity contribution in [1.82, 2.24) is 9.21 Å². The number of sulfonamides is 1. The number of hydrogen-bond donors (Lipinski definition) is 0. The fraction of sp³-hybridized carbons (Fsp3) is 0.321. The lowest BCUT2D eigenvalue weighted by atomic mass is 10.1. The molecule has 0 unspecified atom stereocenters. The fourth-order valence-electron chi connectivity index (χ4n) is 4.34. The predicted octanol–water partition coefficient (Wildman–Crippen LogP) is 4.18. The van der Waals surface area contributed by atoms with Crippen LogP contribution in [0.25, 0.3) is 0 Å². The summed E-state index contributed by atoms with van der Waals surface area (Å²) < 4.78 is 33.3. The van der Waals surface area contributed by atoms with E-state index in [1.165, 1.54) is 4.31 Å². The highest BCUT2D eigenvalue weighted by atomic mass is 32.2. The molecular formula is C28H33N3O4S. The number of nitrogens with zero attached hydrogens (tertiary/aromatic N) is 3. The van der Waals surface area contributed by atoms with E-state index in [1.807, 2.05) is 36.9 Å². The summed E-state index contributed by atoms with van der Waals surface area (Å²) in [5.41, 5.74) is 3.34. The van der Waals surface area contributed by atoms with Crippen LogP contribution < -0.4 is 9.64 Å². The van der Waals surface area contributed by atoms with Crippen molar-refractivity contribution in [2.45, 2.75) is 25.3 Å². The molecule has 7 nitrogen and oxygen atoms in total. The topological polar surface area (TPSA) is 70.2 Å². The van der Waals surface area contributed by atoms with Gasteiger partial charge in [-0.3, -0.25) is 4.79 Å². The van der Waals surface area contributed by atoms with E-state index in [2.05, 4.69) is 17.0 Å². The Balaban J connectivity index is 1.50. The largest absolute Gasteiger partial charge is 0.494 e. The zero-order valence-corrected chi connectivity index (χ0v) is 21.9. The summed E-state index contributed by atoms with van der Waals surface area (Å²) in [4.78, 5) is 17.7.